The molecule has 0 aliphatic carbocycles. The molecule has 5 nitrogen and oxygen atoms in total. The van der Waals surface area contributed by atoms with E-state index in [9.17, 15) is 15.2 Å². The van der Waals surface area contributed by atoms with E-state index in [1.54, 1.807) is 30.3 Å². The fourth-order valence-corrected chi connectivity index (χ4v) is 1.50. The number of nitro groups is 1. The molecule has 0 unspecified atom stereocenters. The van der Waals surface area contributed by atoms with E-state index < -0.39 is 4.92 Å². The topological polar surface area (TPSA) is 72.6 Å². The van der Waals surface area contributed by atoms with Gasteiger partial charge in [-0.1, -0.05) is 18.2 Å². The van der Waals surface area contributed by atoms with Crippen molar-refractivity contribution >= 4 is 5.69 Å². The van der Waals surface area contributed by atoms with Gasteiger partial charge >= 0.3 is 0 Å². The third-order valence-electron chi connectivity index (χ3n) is 2.34. The van der Waals surface area contributed by atoms with Crippen molar-refractivity contribution in [2.24, 2.45) is 0 Å². The smallest absolute Gasteiger partial charge is 0.269 e. The van der Waals surface area contributed by atoms with Gasteiger partial charge in [0.2, 0.25) is 0 Å². The normalized spacial score (nSPS) is 10.0. The SMILES string of the molecule is O=[N+]([O-])c1cccc(COc2cccc(O)c2)c1. The number of nitrogens with zero attached hydrogens (tertiary/aromatic N) is 1. The molecule has 92 valence electrons. The van der Waals surface area contributed by atoms with Crippen molar-refractivity contribution in [1.82, 2.24) is 0 Å². The average Bonchev–Trinajstić information content (AvgIpc) is 2.37. The number of aromatic hydroxyl groups is 1. The Morgan fingerprint density at radius 3 is 2.67 bits per heavy atom. The molecule has 0 saturated carbocycles. The molecule has 0 aliphatic heterocycles. The van der Waals surface area contributed by atoms with Crippen LogP contribution in [-0.2, 0) is 6.61 Å². The number of hydrogen-bond acceptors (Lipinski definition) is 4. The number of phenolic OH excluding ortho intramolecular Hbond substituents is 1. The highest BCUT2D eigenvalue weighted by atomic mass is 16.6. The van der Waals surface area contributed by atoms with E-state index in [2.05, 4.69) is 0 Å². The number of ether oxygens (including phenoxy) is 1. The predicted octanol–water partition coefficient (Wildman–Crippen LogP) is 2.88. The number of nitro benzene ring substituents is 1. The molecule has 0 bridgehead atoms. The van der Waals surface area contributed by atoms with Gasteiger partial charge in [-0.25, -0.2) is 0 Å². The van der Waals surface area contributed by atoms with E-state index in [1.165, 1.54) is 18.2 Å². The summed E-state index contributed by atoms with van der Waals surface area (Å²) < 4.78 is 5.43. The molecule has 0 spiro atoms. The number of rotatable bonds is 4. The van der Waals surface area contributed by atoms with Gasteiger partial charge in [-0.05, 0) is 17.7 Å². The fourth-order valence-electron chi connectivity index (χ4n) is 1.50. The largest absolute Gasteiger partial charge is 0.508 e. The van der Waals surface area contributed by atoms with Crippen molar-refractivity contribution in [3.05, 3.63) is 64.2 Å². The maximum atomic E-state index is 10.6. The second-order valence-corrected chi connectivity index (χ2v) is 3.71. The van der Waals surface area contributed by atoms with Crippen LogP contribution >= 0.6 is 0 Å². The molecule has 0 aliphatic rings. The summed E-state index contributed by atoms with van der Waals surface area (Å²) in [6.07, 6.45) is 0. The molecule has 0 heterocycles. The Morgan fingerprint density at radius 1 is 1.17 bits per heavy atom. The molecule has 18 heavy (non-hydrogen) atoms. The van der Waals surface area contributed by atoms with Gasteiger partial charge in [0.1, 0.15) is 18.1 Å². The number of hydrogen-bond donors (Lipinski definition) is 1. The maximum Gasteiger partial charge on any atom is 0.269 e. The van der Waals surface area contributed by atoms with Crippen LogP contribution in [0.5, 0.6) is 11.5 Å². The van der Waals surface area contributed by atoms with Crippen LogP contribution in [0.15, 0.2) is 48.5 Å². The van der Waals surface area contributed by atoms with E-state index in [0.29, 0.717) is 11.3 Å². The van der Waals surface area contributed by atoms with Gasteiger partial charge in [0.15, 0.2) is 0 Å². The maximum absolute atomic E-state index is 10.6. The van der Waals surface area contributed by atoms with Gasteiger partial charge in [-0.2, -0.15) is 0 Å². The average molecular weight is 245 g/mol. The molecule has 0 radical (unpaired) electrons. The lowest BCUT2D eigenvalue weighted by Gasteiger charge is -2.06. The van der Waals surface area contributed by atoms with Crippen LogP contribution in [-0.4, -0.2) is 10.0 Å². The summed E-state index contributed by atoms with van der Waals surface area (Å²) in [6.45, 7) is 0.213. The van der Waals surface area contributed by atoms with Crippen LogP contribution < -0.4 is 4.74 Å². The summed E-state index contributed by atoms with van der Waals surface area (Å²) in [4.78, 5) is 10.2. The Kier molecular flexibility index (Phi) is 3.43. The highest BCUT2D eigenvalue weighted by Gasteiger charge is 2.06. The van der Waals surface area contributed by atoms with E-state index in [-0.39, 0.29) is 18.0 Å². The highest BCUT2D eigenvalue weighted by Crippen LogP contribution is 2.20. The second kappa shape index (κ2) is 5.18. The standard InChI is InChI=1S/C13H11NO4/c15-12-5-2-6-13(8-12)18-9-10-3-1-4-11(7-10)14(16)17/h1-8,15H,9H2. The molecule has 5 heteroatoms. The first-order valence-corrected chi connectivity index (χ1v) is 5.30. The van der Waals surface area contributed by atoms with E-state index in [1.807, 2.05) is 0 Å². The lowest BCUT2D eigenvalue weighted by molar-refractivity contribution is -0.384. The zero-order valence-corrected chi connectivity index (χ0v) is 9.45. The van der Waals surface area contributed by atoms with Gasteiger partial charge < -0.3 is 9.84 Å². The summed E-state index contributed by atoms with van der Waals surface area (Å²) in [5, 5.41) is 19.9. The monoisotopic (exact) mass is 245 g/mol. The molecule has 0 fully saturated rings. The number of benzene rings is 2. The van der Waals surface area contributed by atoms with Crippen molar-refractivity contribution in [2.75, 3.05) is 0 Å². The Bertz CT molecular complexity index is 568. The first-order chi connectivity index (χ1) is 8.65. The van der Waals surface area contributed by atoms with Gasteiger partial charge in [0.05, 0.1) is 4.92 Å². The summed E-state index contributed by atoms with van der Waals surface area (Å²) >= 11 is 0. The Labute approximate surface area is 103 Å². The minimum absolute atomic E-state index is 0.0343. The van der Waals surface area contributed by atoms with E-state index in [4.69, 9.17) is 4.74 Å². The van der Waals surface area contributed by atoms with Crippen LogP contribution in [0.4, 0.5) is 5.69 Å². The molecule has 0 saturated heterocycles. The third-order valence-corrected chi connectivity index (χ3v) is 2.34. The zero-order valence-electron chi connectivity index (χ0n) is 9.45. The van der Waals surface area contributed by atoms with Gasteiger partial charge in [0, 0.05) is 18.2 Å². The minimum Gasteiger partial charge on any atom is -0.508 e. The van der Waals surface area contributed by atoms with Gasteiger partial charge in [0.25, 0.3) is 5.69 Å². The predicted molar refractivity (Wildman–Crippen MR) is 65.5 cm³/mol. The molecule has 0 amide bonds. The molecular formula is C13H11NO4. The van der Waals surface area contributed by atoms with Gasteiger partial charge in [-0.3, -0.25) is 10.1 Å². The second-order valence-electron chi connectivity index (χ2n) is 3.71. The van der Waals surface area contributed by atoms with Gasteiger partial charge in [-0.15, -0.1) is 0 Å². The third kappa shape index (κ3) is 2.98. The molecule has 2 rings (SSSR count). The number of non-ortho nitro benzene ring substituents is 1. The molecular weight excluding hydrogens is 234 g/mol. The molecule has 0 atom stereocenters. The quantitative estimate of drug-likeness (QED) is 0.664. The van der Waals surface area contributed by atoms with Crippen LogP contribution in [0.2, 0.25) is 0 Å². The van der Waals surface area contributed by atoms with Crippen LogP contribution in [0.1, 0.15) is 5.56 Å². The Balaban J connectivity index is 2.06. The van der Waals surface area contributed by atoms with Crippen molar-refractivity contribution in [2.45, 2.75) is 6.61 Å². The molecule has 2 aromatic rings. The minimum atomic E-state index is -0.447. The Morgan fingerprint density at radius 2 is 1.94 bits per heavy atom. The molecule has 1 N–H and O–H groups in total. The first kappa shape index (κ1) is 11.9. The summed E-state index contributed by atoms with van der Waals surface area (Å²) in [6, 6.07) is 12.6. The number of phenols is 1. The molecule has 2 aromatic carbocycles. The summed E-state index contributed by atoms with van der Waals surface area (Å²) in [5.41, 5.74) is 0.736. The zero-order chi connectivity index (χ0) is 13.0. The van der Waals surface area contributed by atoms with E-state index in [0.717, 1.165) is 0 Å². The Hall–Kier alpha value is -2.56. The first-order valence-electron chi connectivity index (χ1n) is 5.30. The van der Waals surface area contributed by atoms with Crippen molar-refractivity contribution in [3.8, 4) is 11.5 Å². The van der Waals surface area contributed by atoms with Crippen molar-refractivity contribution < 1.29 is 14.8 Å². The van der Waals surface area contributed by atoms with Crippen LogP contribution in [0.3, 0.4) is 0 Å². The lowest BCUT2D eigenvalue weighted by atomic mass is 10.2. The molecule has 0 aromatic heterocycles. The highest BCUT2D eigenvalue weighted by molar-refractivity contribution is 5.35. The van der Waals surface area contributed by atoms with Crippen LogP contribution in [0, 0.1) is 10.1 Å². The summed E-state index contributed by atoms with van der Waals surface area (Å²) in [7, 11) is 0. The van der Waals surface area contributed by atoms with Crippen LogP contribution in [0.25, 0.3) is 0 Å². The lowest BCUT2D eigenvalue weighted by Crippen LogP contribution is -1.96. The van der Waals surface area contributed by atoms with Crippen molar-refractivity contribution in [3.63, 3.8) is 0 Å². The van der Waals surface area contributed by atoms with Crippen molar-refractivity contribution in [1.29, 1.82) is 0 Å². The fraction of sp³-hybridized carbons (Fsp3) is 0.0769. The van der Waals surface area contributed by atoms with E-state index >= 15 is 0 Å². The summed E-state index contributed by atoms with van der Waals surface area (Å²) in [5.74, 6) is 0.632.